The Morgan fingerprint density at radius 1 is 0.255 bits per heavy atom. The highest BCUT2D eigenvalue weighted by molar-refractivity contribution is 5.94. The summed E-state index contributed by atoms with van der Waals surface area (Å²) >= 11 is 0. The molecule has 15 aromatic rings. The summed E-state index contributed by atoms with van der Waals surface area (Å²) in [4.78, 5) is 28.9. The monoisotopic (exact) mass is 1260 g/mol. The van der Waals surface area contributed by atoms with Crippen LogP contribution in [0.1, 0.15) is 57.3 Å². The molecule has 4 atom stereocenters. The Morgan fingerprint density at radius 3 is 1.34 bits per heavy atom. The van der Waals surface area contributed by atoms with E-state index >= 15 is 0 Å². The van der Waals surface area contributed by atoms with Crippen LogP contribution in [0.4, 0.5) is 40.1 Å². The van der Waals surface area contributed by atoms with Crippen molar-refractivity contribution in [3.05, 3.63) is 379 Å². The maximum Gasteiger partial charge on any atom is 0.235 e. The zero-order valence-corrected chi connectivity index (χ0v) is 53.3. The van der Waals surface area contributed by atoms with Crippen LogP contribution in [0, 0.1) is 0 Å². The van der Waals surface area contributed by atoms with Crippen molar-refractivity contribution in [2.24, 2.45) is 0 Å². The van der Waals surface area contributed by atoms with Crippen LogP contribution in [0.2, 0.25) is 0 Å². The molecule has 0 saturated heterocycles. The van der Waals surface area contributed by atoms with Gasteiger partial charge in [-0.2, -0.15) is 0 Å². The molecule has 0 amide bonds. The molecule has 4 unspecified atom stereocenters. The third-order valence-electron chi connectivity index (χ3n) is 20.0. The fraction of sp³-hybridized carbons (Fsp3) is 0.0444. The molecule has 13 aromatic carbocycles. The van der Waals surface area contributed by atoms with Gasteiger partial charge in [-0.3, -0.25) is 4.90 Å². The molecule has 462 valence electrons. The molecule has 0 radical (unpaired) electrons. The zero-order chi connectivity index (χ0) is 64.6. The summed E-state index contributed by atoms with van der Waals surface area (Å²) in [7, 11) is 0. The van der Waals surface area contributed by atoms with E-state index in [-0.39, 0.29) is 23.9 Å². The van der Waals surface area contributed by atoms with Crippen LogP contribution in [0.25, 0.3) is 78.7 Å². The normalized spacial score (nSPS) is 16.0. The van der Waals surface area contributed by atoms with E-state index in [0.29, 0.717) is 11.8 Å². The zero-order valence-electron chi connectivity index (χ0n) is 53.3. The van der Waals surface area contributed by atoms with E-state index in [1.54, 1.807) is 0 Å². The molecule has 4 aliphatic rings. The maximum absolute atomic E-state index is 7.29. The van der Waals surface area contributed by atoms with Gasteiger partial charge in [-0.05, 0) is 106 Å². The first-order valence-electron chi connectivity index (χ1n) is 33.6. The van der Waals surface area contributed by atoms with E-state index in [4.69, 9.17) is 24.7 Å². The molecule has 4 aliphatic heterocycles. The van der Waals surface area contributed by atoms with Gasteiger partial charge in [0.15, 0.2) is 5.82 Å². The van der Waals surface area contributed by atoms with Gasteiger partial charge in [0.2, 0.25) is 5.95 Å². The minimum Gasteiger partial charge on any atom is -0.457 e. The van der Waals surface area contributed by atoms with Gasteiger partial charge in [0, 0.05) is 79.0 Å². The predicted molar refractivity (Wildman–Crippen MR) is 396 cm³/mol. The van der Waals surface area contributed by atoms with Crippen LogP contribution >= 0.6 is 0 Å². The Balaban J connectivity index is 0.716. The Bertz CT molecular complexity index is 5440. The summed E-state index contributed by atoms with van der Waals surface area (Å²) in [6.07, 6.45) is 0. The topological polar surface area (TPSA) is 70.5 Å². The first-order chi connectivity index (χ1) is 48.6. The lowest BCUT2D eigenvalue weighted by Crippen LogP contribution is -2.23. The number of nitrogens with zero attached hydrogens (tertiary/aromatic N) is 7. The minimum absolute atomic E-state index is 0.0686. The lowest BCUT2D eigenvalue weighted by molar-refractivity contribution is 0.478. The van der Waals surface area contributed by atoms with Crippen molar-refractivity contribution in [3.8, 4) is 90.2 Å². The Kier molecular flexibility index (Phi) is 13.7. The molecule has 0 N–H and O–H groups in total. The second kappa shape index (κ2) is 23.6. The van der Waals surface area contributed by atoms with Gasteiger partial charge < -0.3 is 14.5 Å². The molecule has 8 heteroatoms. The maximum atomic E-state index is 7.29. The molecule has 0 bridgehead atoms. The third kappa shape index (κ3) is 9.59. The number of benzene rings is 13. The average molecular weight is 1260 g/mol. The van der Waals surface area contributed by atoms with Crippen molar-refractivity contribution in [2.45, 2.75) is 23.9 Å². The second-order valence-corrected chi connectivity index (χ2v) is 25.6. The van der Waals surface area contributed by atoms with Crippen LogP contribution in [0.3, 0.4) is 0 Å². The summed E-state index contributed by atoms with van der Waals surface area (Å²) in [5.41, 5.74) is 26.7. The lowest BCUT2D eigenvalue weighted by Gasteiger charge is -2.32. The van der Waals surface area contributed by atoms with Gasteiger partial charge in [-0.15, -0.1) is 0 Å². The van der Waals surface area contributed by atoms with Crippen molar-refractivity contribution in [1.82, 2.24) is 19.9 Å². The van der Waals surface area contributed by atoms with Crippen molar-refractivity contribution in [3.63, 3.8) is 0 Å². The van der Waals surface area contributed by atoms with Gasteiger partial charge >= 0.3 is 0 Å². The molecule has 19 rings (SSSR count). The van der Waals surface area contributed by atoms with Gasteiger partial charge in [-0.25, -0.2) is 19.9 Å². The van der Waals surface area contributed by atoms with Crippen molar-refractivity contribution in [2.75, 3.05) is 14.7 Å². The highest BCUT2D eigenvalue weighted by Crippen LogP contribution is 2.64. The molecule has 98 heavy (non-hydrogen) atoms. The quantitative estimate of drug-likeness (QED) is 0.134. The van der Waals surface area contributed by atoms with Crippen LogP contribution in [-0.4, -0.2) is 19.9 Å². The standard InChI is InChI=1S/C90H61N7O/c1-6-27-58(28-7-1)75-56-76(59-29-8-2-9-30-59)92-89(91-75)65-37-25-40-67(54-65)95-79-47-20-16-41-69(79)84-72-52-51-63(55-83(72)98-82-50-23-19-44-73(82)88(84)95)62-35-24-36-64(53-62)68-45-26-46-74-85-70-42-17-21-48-80(70)97(81-49-22-18-43-71(81)87(85)96(86(68)74)66-38-14-5-15-39-66)90-93-77(60-31-10-3-11-32-60)57-78(94-90)61-33-12-4-13-34-61/h1-57,84-85,87-88H. The number of hydrogen-bond acceptors (Lipinski definition) is 8. The minimum atomic E-state index is -0.154. The van der Waals surface area contributed by atoms with Crippen LogP contribution < -0.4 is 19.4 Å². The fourth-order valence-electron chi connectivity index (χ4n) is 15.7. The molecular weight excluding hydrogens is 1200 g/mol. The summed E-state index contributed by atoms with van der Waals surface area (Å²) in [5.74, 6) is 2.80. The van der Waals surface area contributed by atoms with Crippen molar-refractivity contribution in [1.29, 1.82) is 0 Å². The predicted octanol–water partition coefficient (Wildman–Crippen LogP) is 22.9. The molecule has 8 nitrogen and oxygen atoms in total. The summed E-state index contributed by atoms with van der Waals surface area (Å²) in [5, 5.41) is 0. The van der Waals surface area contributed by atoms with E-state index < -0.39 is 0 Å². The summed E-state index contributed by atoms with van der Waals surface area (Å²) in [6.45, 7) is 0. The number of para-hydroxylation sites is 6. The number of rotatable bonds is 10. The number of fused-ring (bicyclic) bond motifs is 14. The van der Waals surface area contributed by atoms with E-state index in [1.807, 2.05) is 12.1 Å². The first kappa shape index (κ1) is 56.7. The second-order valence-electron chi connectivity index (χ2n) is 25.6. The molecule has 0 fully saturated rings. The Morgan fingerprint density at radius 2 is 0.694 bits per heavy atom. The molecule has 6 heterocycles. The van der Waals surface area contributed by atoms with E-state index in [1.165, 1.54) is 27.9 Å². The van der Waals surface area contributed by atoms with Gasteiger partial charge in [0.1, 0.15) is 11.5 Å². The average Bonchev–Trinajstić information content (AvgIpc) is 1.54. The molecule has 0 spiro atoms. The lowest BCUT2D eigenvalue weighted by atomic mass is 9.83. The molecule has 0 aliphatic carbocycles. The van der Waals surface area contributed by atoms with Gasteiger partial charge in [0.25, 0.3) is 0 Å². The highest BCUT2D eigenvalue weighted by Gasteiger charge is 2.48. The smallest absolute Gasteiger partial charge is 0.235 e. The molecular formula is C90H61N7O. The van der Waals surface area contributed by atoms with Gasteiger partial charge in [-0.1, -0.05) is 273 Å². The van der Waals surface area contributed by atoms with Crippen LogP contribution in [-0.2, 0) is 0 Å². The van der Waals surface area contributed by atoms with Gasteiger partial charge in [0.05, 0.1) is 51.9 Å². The number of ether oxygens (including phenoxy) is 1. The first-order valence-corrected chi connectivity index (χ1v) is 33.6. The van der Waals surface area contributed by atoms with Crippen molar-refractivity contribution >= 4 is 40.1 Å². The van der Waals surface area contributed by atoms with Crippen molar-refractivity contribution < 1.29 is 4.74 Å². The van der Waals surface area contributed by atoms with Crippen LogP contribution in [0.15, 0.2) is 346 Å². The van der Waals surface area contributed by atoms with Crippen LogP contribution in [0.5, 0.6) is 11.5 Å². The summed E-state index contributed by atoms with van der Waals surface area (Å²) in [6, 6.07) is 123. The van der Waals surface area contributed by atoms with E-state index in [0.717, 1.165) is 124 Å². The highest BCUT2D eigenvalue weighted by atomic mass is 16.5. The van der Waals surface area contributed by atoms with E-state index in [9.17, 15) is 0 Å². The fourth-order valence-corrected chi connectivity index (χ4v) is 15.7. The third-order valence-corrected chi connectivity index (χ3v) is 20.0. The molecule has 2 aromatic heterocycles. The number of hydrogen-bond donors (Lipinski definition) is 0. The Hall–Kier alpha value is -12.8. The number of aromatic nitrogens is 4. The Labute approximate surface area is 569 Å². The number of anilines is 7. The largest absolute Gasteiger partial charge is 0.457 e. The SMILES string of the molecule is c1ccc(-c2cc(-c3ccccc3)nc(-c3cccc(N4c5ccccc5C5c6ccc(-c7cccc(-c8cccc9c8N(c8ccccc8)C8c%10ccccc%10N(c%10nc(-c%11ccccc%11)cc(-c%11ccccc%11)n%10)c%10ccccc%10C98)c7)cc6Oc6ccccc6C54)c3)n2)cc1. The summed E-state index contributed by atoms with van der Waals surface area (Å²) < 4.78 is 7.29. The van der Waals surface area contributed by atoms with E-state index in [2.05, 4.69) is 348 Å². The molecule has 0 saturated carbocycles.